The van der Waals surface area contributed by atoms with E-state index in [1.165, 1.54) is 5.56 Å². The quantitative estimate of drug-likeness (QED) is 0.274. The molecule has 0 bridgehead atoms. The maximum Gasteiger partial charge on any atom is 0.411 e. The van der Waals surface area contributed by atoms with E-state index in [1.807, 2.05) is 43.3 Å². The van der Waals surface area contributed by atoms with Crippen molar-refractivity contribution in [3.05, 3.63) is 95.8 Å². The van der Waals surface area contributed by atoms with Crippen molar-refractivity contribution in [2.45, 2.75) is 33.7 Å². The van der Waals surface area contributed by atoms with Crippen LogP contribution in [-0.4, -0.2) is 35.3 Å². The summed E-state index contributed by atoms with van der Waals surface area (Å²) in [5.74, 6) is 0.886. The van der Waals surface area contributed by atoms with E-state index in [2.05, 4.69) is 71.6 Å². The van der Waals surface area contributed by atoms with Crippen LogP contribution in [0.4, 0.5) is 16.2 Å². The molecule has 0 atom stereocenters. The number of amides is 1. The Kier molecular flexibility index (Phi) is 8.06. The predicted octanol–water partition coefficient (Wildman–Crippen LogP) is 6.67. The van der Waals surface area contributed by atoms with Gasteiger partial charge in [-0.15, -0.1) is 0 Å². The van der Waals surface area contributed by atoms with E-state index >= 15 is 0 Å². The number of ether oxygens (including phenoxy) is 1. The van der Waals surface area contributed by atoms with Crippen LogP contribution in [0.3, 0.4) is 0 Å². The summed E-state index contributed by atoms with van der Waals surface area (Å²) in [4.78, 5) is 19.6. The van der Waals surface area contributed by atoms with E-state index < -0.39 is 6.09 Å². The third-order valence-electron chi connectivity index (χ3n) is 6.42. The molecule has 1 heterocycles. The Bertz CT molecular complexity index is 1340. The first-order valence-corrected chi connectivity index (χ1v) is 12.5. The number of aryl methyl sites for hydroxylation is 1. The number of benzene rings is 3. The maximum absolute atomic E-state index is 12.5. The molecule has 0 saturated carbocycles. The van der Waals surface area contributed by atoms with E-state index in [0.29, 0.717) is 13.0 Å². The maximum atomic E-state index is 12.5. The van der Waals surface area contributed by atoms with Crippen molar-refractivity contribution in [2.75, 3.05) is 29.9 Å². The molecule has 0 unspecified atom stereocenters. The molecule has 6 nitrogen and oxygen atoms in total. The number of anilines is 2. The van der Waals surface area contributed by atoms with Gasteiger partial charge in [-0.25, -0.2) is 9.78 Å². The summed E-state index contributed by atoms with van der Waals surface area (Å²) in [6.07, 6.45) is 1.90. The number of nitrogens with one attached hydrogen (secondary N) is 1. The SMILES string of the molecule is C=Cc1ccc(Cn2c(CCOC(=O)Nc3ccc(N(CC)CC)cc3C)nc3ccccc32)cc1. The van der Waals surface area contributed by atoms with Crippen LogP contribution in [0, 0.1) is 6.92 Å². The number of para-hydroxylation sites is 2. The van der Waals surface area contributed by atoms with Gasteiger partial charge < -0.3 is 14.2 Å². The number of carbonyl (C=O) groups is 1. The van der Waals surface area contributed by atoms with Crippen LogP contribution in [0.5, 0.6) is 0 Å². The molecular formula is C30H34N4O2. The van der Waals surface area contributed by atoms with Gasteiger partial charge in [0.05, 0.1) is 11.0 Å². The van der Waals surface area contributed by atoms with Crippen LogP contribution in [0.15, 0.2) is 73.3 Å². The minimum Gasteiger partial charge on any atom is -0.449 e. The van der Waals surface area contributed by atoms with Crippen molar-refractivity contribution in [1.82, 2.24) is 9.55 Å². The summed E-state index contributed by atoms with van der Waals surface area (Å²) in [5.41, 5.74) is 7.16. The van der Waals surface area contributed by atoms with E-state index in [1.54, 1.807) is 0 Å². The molecule has 1 aromatic heterocycles. The lowest BCUT2D eigenvalue weighted by Gasteiger charge is -2.22. The van der Waals surface area contributed by atoms with Crippen LogP contribution >= 0.6 is 0 Å². The van der Waals surface area contributed by atoms with Crippen molar-refractivity contribution in [1.29, 1.82) is 0 Å². The minimum atomic E-state index is -0.462. The molecule has 0 radical (unpaired) electrons. The second kappa shape index (κ2) is 11.6. The zero-order chi connectivity index (χ0) is 25.5. The van der Waals surface area contributed by atoms with Gasteiger partial charge in [0.1, 0.15) is 12.4 Å². The van der Waals surface area contributed by atoms with Crippen molar-refractivity contribution < 1.29 is 9.53 Å². The molecule has 1 N–H and O–H groups in total. The lowest BCUT2D eigenvalue weighted by atomic mass is 10.1. The lowest BCUT2D eigenvalue weighted by Crippen LogP contribution is -2.22. The largest absolute Gasteiger partial charge is 0.449 e. The van der Waals surface area contributed by atoms with Crippen LogP contribution in [0.25, 0.3) is 17.1 Å². The number of nitrogens with zero attached hydrogens (tertiary/aromatic N) is 3. The average molecular weight is 483 g/mol. The van der Waals surface area contributed by atoms with Crippen molar-refractivity contribution in [2.24, 2.45) is 0 Å². The van der Waals surface area contributed by atoms with Gasteiger partial charge in [-0.1, -0.05) is 49.1 Å². The molecule has 0 fully saturated rings. The van der Waals surface area contributed by atoms with E-state index in [-0.39, 0.29) is 6.61 Å². The average Bonchev–Trinajstić information content (AvgIpc) is 3.24. The number of fused-ring (bicyclic) bond motifs is 1. The number of rotatable bonds is 10. The smallest absolute Gasteiger partial charge is 0.411 e. The normalized spacial score (nSPS) is 10.9. The number of carbonyl (C=O) groups excluding carboxylic acids is 1. The van der Waals surface area contributed by atoms with Gasteiger partial charge in [-0.3, -0.25) is 5.32 Å². The van der Waals surface area contributed by atoms with Crippen LogP contribution in [0.1, 0.15) is 36.4 Å². The number of imidazole rings is 1. The molecule has 4 aromatic rings. The standard InChI is InChI=1S/C30H34N4O2/c1-5-23-12-14-24(15-13-23)21-34-28-11-9-8-10-27(28)31-29(34)18-19-36-30(35)32-26-17-16-25(20-22(26)4)33(6-2)7-3/h5,8-17,20H,1,6-7,18-19,21H2,2-4H3,(H,32,35). The lowest BCUT2D eigenvalue weighted by molar-refractivity contribution is 0.162. The number of hydrogen-bond donors (Lipinski definition) is 1. The highest BCUT2D eigenvalue weighted by molar-refractivity contribution is 5.86. The van der Waals surface area contributed by atoms with Gasteiger partial charge in [0.15, 0.2) is 0 Å². The second-order valence-corrected chi connectivity index (χ2v) is 8.73. The first-order valence-electron chi connectivity index (χ1n) is 12.5. The molecule has 4 rings (SSSR count). The Hall–Kier alpha value is -4.06. The molecule has 6 heteroatoms. The Balaban J connectivity index is 1.41. The van der Waals surface area contributed by atoms with Crippen LogP contribution < -0.4 is 10.2 Å². The topological polar surface area (TPSA) is 59.4 Å². The molecular weight excluding hydrogens is 448 g/mol. The monoisotopic (exact) mass is 482 g/mol. The van der Waals surface area contributed by atoms with Gasteiger partial charge in [0.25, 0.3) is 0 Å². The van der Waals surface area contributed by atoms with Crippen LogP contribution in [-0.2, 0) is 17.7 Å². The Morgan fingerprint density at radius 1 is 1.08 bits per heavy atom. The summed E-state index contributed by atoms with van der Waals surface area (Å²) in [6, 6.07) is 22.5. The van der Waals surface area contributed by atoms with Crippen LogP contribution in [0.2, 0.25) is 0 Å². The van der Waals surface area contributed by atoms with Gasteiger partial charge in [-0.05, 0) is 67.8 Å². The fraction of sp³-hybridized carbons (Fsp3) is 0.267. The van der Waals surface area contributed by atoms with E-state index in [0.717, 1.165) is 52.4 Å². The molecule has 0 spiro atoms. The first-order chi connectivity index (χ1) is 17.5. The molecule has 0 aliphatic heterocycles. The zero-order valence-corrected chi connectivity index (χ0v) is 21.3. The summed E-state index contributed by atoms with van der Waals surface area (Å²) < 4.78 is 7.72. The summed E-state index contributed by atoms with van der Waals surface area (Å²) >= 11 is 0. The molecule has 0 saturated heterocycles. The van der Waals surface area contributed by atoms with Gasteiger partial charge >= 0.3 is 6.09 Å². The fourth-order valence-electron chi connectivity index (χ4n) is 4.39. The van der Waals surface area contributed by atoms with Crippen molar-refractivity contribution in [3.8, 4) is 0 Å². The van der Waals surface area contributed by atoms with Crippen molar-refractivity contribution >= 4 is 34.6 Å². The summed E-state index contributed by atoms with van der Waals surface area (Å²) in [5, 5.41) is 2.88. The highest BCUT2D eigenvalue weighted by Gasteiger charge is 2.13. The zero-order valence-electron chi connectivity index (χ0n) is 21.3. The highest BCUT2D eigenvalue weighted by atomic mass is 16.5. The fourth-order valence-corrected chi connectivity index (χ4v) is 4.39. The second-order valence-electron chi connectivity index (χ2n) is 8.73. The number of aromatic nitrogens is 2. The Morgan fingerprint density at radius 2 is 1.83 bits per heavy atom. The first kappa shape index (κ1) is 25.0. The Labute approximate surface area is 213 Å². The third-order valence-corrected chi connectivity index (χ3v) is 6.42. The molecule has 36 heavy (non-hydrogen) atoms. The molecule has 0 aliphatic rings. The van der Waals surface area contributed by atoms with Crippen molar-refractivity contribution in [3.63, 3.8) is 0 Å². The molecule has 3 aromatic carbocycles. The third kappa shape index (κ3) is 5.77. The molecule has 0 aliphatic carbocycles. The minimum absolute atomic E-state index is 0.237. The molecule has 186 valence electrons. The number of hydrogen-bond acceptors (Lipinski definition) is 4. The summed E-state index contributed by atoms with van der Waals surface area (Å²) in [6.45, 7) is 12.9. The van der Waals surface area contributed by atoms with Gasteiger partial charge in [0.2, 0.25) is 0 Å². The van der Waals surface area contributed by atoms with E-state index in [9.17, 15) is 4.79 Å². The van der Waals surface area contributed by atoms with E-state index in [4.69, 9.17) is 9.72 Å². The van der Waals surface area contributed by atoms with Gasteiger partial charge in [-0.2, -0.15) is 0 Å². The predicted molar refractivity (Wildman–Crippen MR) is 149 cm³/mol. The highest BCUT2D eigenvalue weighted by Crippen LogP contribution is 2.23. The molecule has 1 amide bonds. The Morgan fingerprint density at radius 3 is 2.53 bits per heavy atom. The summed E-state index contributed by atoms with van der Waals surface area (Å²) in [7, 11) is 0. The van der Waals surface area contributed by atoms with Gasteiger partial charge in [0, 0.05) is 37.4 Å².